The molecule has 174 valence electrons. The number of nitrogens with one attached hydrogen (secondary N) is 2. The van der Waals surface area contributed by atoms with Gasteiger partial charge in [0.25, 0.3) is 0 Å². The standard InChI is InChI=1S/C23H27F2N7O/c1-14(33)31-10-9-17(13-31)32-21-20(12-26-22(30-21)27-16-5-3-2-4-6-16)29-23(32)28-19-8-7-15(24)11-18(19)25/h7-8,11-12,16-17H,2-6,9-10,13H2,1H3,(H,28,29)(H,26,27,30). The van der Waals surface area contributed by atoms with Crippen molar-refractivity contribution in [1.29, 1.82) is 0 Å². The number of nitrogens with zero attached hydrogens (tertiary/aromatic N) is 5. The zero-order chi connectivity index (χ0) is 22.9. The lowest BCUT2D eigenvalue weighted by Gasteiger charge is -2.22. The summed E-state index contributed by atoms with van der Waals surface area (Å²) >= 11 is 0. The van der Waals surface area contributed by atoms with Crippen LogP contribution in [0.25, 0.3) is 11.2 Å². The van der Waals surface area contributed by atoms with Crippen molar-refractivity contribution in [2.45, 2.75) is 57.5 Å². The molecule has 1 aliphatic carbocycles. The molecule has 10 heteroatoms. The largest absolute Gasteiger partial charge is 0.351 e. The number of hydrogen-bond acceptors (Lipinski definition) is 6. The van der Waals surface area contributed by atoms with Crippen molar-refractivity contribution in [2.24, 2.45) is 0 Å². The second-order valence-corrected chi connectivity index (χ2v) is 8.84. The number of aromatic nitrogens is 4. The van der Waals surface area contributed by atoms with Crippen LogP contribution < -0.4 is 10.6 Å². The number of carbonyl (C=O) groups excluding carboxylic acids is 1. The van der Waals surface area contributed by atoms with Crippen molar-refractivity contribution in [1.82, 2.24) is 24.4 Å². The molecule has 2 aromatic heterocycles. The Morgan fingerprint density at radius 2 is 1.94 bits per heavy atom. The fraction of sp³-hybridized carbons (Fsp3) is 0.478. The van der Waals surface area contributed by atoms with Crippen LogP contribution in [-0.4, -0.2) is 49.5 Å². The van der Waals surface area contributed by atoms with E-state index in [1.165, 1.54) is 31.4 Å². The van der Waals surface area contributed by atoms with E-state index in [1.807, 2.05) is 4.57 Å². The fourth-order valence-corrected chi connectivity index (χ4v) is 4.77. The highest BCUT2D eigenvalue weighted by Gasteiger charge is 2.30. The molecule has 2 N–H and O–H groups in total. The molecule has 3 aromatic rings. The molecule has 2 fully saturated rings. The van der Waals surface area contributed by atoms with Crippen LogP contribution in [0.5, 0.6) is 0 Å². The molecule has 1 aromatic carbocycles. The molecule has 33 heavy (non-hydrogen) atoms. The number of imidazole rings is 1. The van der Waals surface area contributed by atoms with Crippen LogP contribution in [0.15, 0.2) is 24.4 Å². The first-order valence-corrected chi connectivity index (χ1v) is 11.5. The van der Waals surface area contributed by atoms with Gasteiger partial charge in [-0.05, 0) is 31.4 Å². The van der Waals surface area contributed by atoms with E-state index in [4.69, 9.17) is 4.98 Å². The number of likely N-dealkylation sites (tertiary alicyclic amines) is 1. The topological polar surface area (TPSA) is 88.0 Å². The molecule has 1 amide bonds. The Labute approximate surface area is 190 Å². The lowest BCUT2D eigenvalue weighted by Crippen LogP contribution is -2.26. The Morgan fingerprint density at radius 3 is 2.67 bits per heavy atom. The number of carbonyl (C=O) groups is 1. The van der Waals surface area contributed by atoms with Crippen LogP contribution in [0, 0.1) is 11.6 Å². The van der Waals surface area contributed by atoms with Gasteiger partial charge in [-0.1, -0.05) is 19.3 Å². The summed E-state index contributed by atoms with van der Waals surface area (Å²) in [4.78, 5) is 27.5. The summed E-state index contributed by atoms with van der Waals surface area (Å²) in [6, 6.07) is 3.62. The predicted molar refractivity (Wildman–Crippen MR) is 121 cm³/mol. The number of halogens is 2. The van der Waals surface area contributed by atoms with Crippen molar-refractivity contribution in [3.05, 3.63) is 36.0 Å². The molecule has 1 atom stereocenters. The van der Waals surface area contributed by atoms with Gasteiger partial charge in [-0.3, -0.25) is 9.36 Å². The van der Waals surface area contributed by atoms with Crippen LogP contribution in [0.2, 0.25) is 0 Å². The van der Waals surface area contributed by atoms with Gasteiger partial charge in [0.05, 0.1) is 17.9 Å². The second-order valence-electron chi connectivity index (χ2n) is 8.84. The molecule has 8 nitrogen and oxygen atoms in total. The number of hydrogen-bond donors (Lipinski definition) is 2. The summed E-state index contributed by atoms with van der Waals surface area (Å²) in [5.74, 6) is -0.429. The molecule has 0 bridgehead atoms. The highest BCUT2D eigenvalue weighted by molar-refractivity contribution is 5.77. The van der Waals surface area contributed by atoms with Crippen LogP contribution in [0.3, 0.4) is 0 Å². The normalized spacial score (nSPS) is 19.2. The average molecular weight is 456 g/mol. The van der Waals surface area contributed by atoms with Gasteiger partial charge in [-0.15, -0.1) is 0 Å². The molecule has 5 rings (SSSR count). The van der Waals surface area contributed by atoms with E-state index in [2.05, 4.69) is 20.6 Å². The SMILES string of the molecule is CC(=O)N1CCC(n2c(Nc3ccc(F)cc3F)nc3cnc(NC4CCCCC4)nc32)C1. The van der Waals surface area contributed by atoms with Gasteiger partial charge >= 0.3 is 0 Å². The maximum atomic E-state index is 14.4. The Bertz CT molecular complexity index is 1180. The molecule has 2 aliphatic rings. The van der Waals surface area contributed by atoms with Crippen molar-refractivity contribution in [2.75, 3.05) is 23.7 Å². The van der Waals surface area contributed by atoms with Gasteiger partial charge < -0.3 is 15.5 Å². The van der Waals surface area contributed by atoms with Crippen molar-refractivity contribution < 1.29 is 13.6 Å². The van der Waals surface area contributed by atoms with Crippen molar-refractivity contribution in [3.63, 3.8) is 0 Å². The molecule has 0 spiro atoms. The molecule has 1 saturated heterocycles. The third kappa shape index (κ3) is 4.46. The number of fused-ring (bicyclic) bond motifs is 1. The number of benzene rings is 1. The van der Waals surface area contributed by atoms with E-state index in [0.717, 1.165) is 25.3 Å². The Hall–Kier alpha value is -3.30. The van der Waals surface area contributed by atoms with Gasteiger partial charge in [0.1, 0.15) is 17.2 Å². The summed E-state index contributed by atoms with van der Waals surface area (Å²) in [7, 11) is 0. The van der Waals surface area contributed by atoms with Crippen LogP contribution in [0.4, 0.5) is 26.4 Å². The Balaban J connectivity index is 1.52. The summed E-state index contributed by atoms with van der Waals surface area (Å²) in [6.07, 6.45) is 8.21. The maximum absolute atomic E-state index is 14.4. The van der Waals surface area contributed by atoms with Crippen LogP contribution >= 0.6 is 0 Å². The van der Waals surface area contributed by atoms with E-state index in [9.17, 15) is 13.6 Å². The molecule has 1 unspecified atom stereocenters. The van der Waals surface area contributed by atoms with Crippen molar-refractivity contribution >= 4 is 34.7 Å². The van der Waals surface area contributed by atoms with Crippen LogP contribution in [-0.2, 0) is 4.79 Å². The molecule has 0 radical (unpaired) electrons. The third-order valence-electron chi connectivity index (χ3n) is 6.52. The monoisotopic (exact) mass is 455 g/mol. The van der Waals surface area contributed by atoms with E-state index < -0.39 is 11.6 Å². The van der Waals surface area contributed by atoms with E-state index in [0.29, 0.717) is 42.2 Å². The number of amides is 1. The summed E-state index contributed by atoms with van der Waals surface area (Å²) in [5.41, 5.74) is 1.29. The van der Waals surface area contributed by atoms with E-state index >= 15 is 0 Å². The fourth-order valence-electron chi connectivity index (χ4n) is 4.77. The molecule has 1 saturated carbocycles. The highest BCUT2D eigenvalue weighted by Crippen LogP contribution is 2.32. The van der Waals surface area contributed by atoms with E-state index in [1.54, 1.807) is 18.0 Å². The summed E-state index contributed by atoms with van der Waals surface area (Å²) in [5, 5.41) is 6.44. The smallest absolute Gasteiger partial charge is 0.224 e. The average Bonchev–Trinajstić information content (AvgIpc) is 3.41. The second kappa shape index (κ2) is 8.92. The van der Waals surface area contributed by atoms with Crippen LogP contribution in [0.1, 0.15) is 51.5 Å². The van der Waals surface area contributed by atoms with Gasteiger partial charge in [0.2, 0.25) is 17.8 Å². The summed E-state index contributed by atoms with van der Waals surface area (Å²) in [6.45, 7) is 2.69. The lowest BCUT2D eigenvalue weighted by molar-refractivity contribution is -0.127. The Kier molecular flexibility index (Phi) is 5.82. The Morgan fingerprint density at radius 1 is 1.12 bits per heavy atom. The molecule has 1 aliphatic heterocycles. The molecule has 3 heterocycles. The zero-order valence-corrected chi connectivity index (χ0v) is 18.5. The van der Waals surface area contributed by atoms with Crippen molar-refractivity contribution in [3.8, 4) is 0 Å². The highest BCUT2D eigenvalue weighted by atomic mass is 19.1. The molecular formula is C23H27F2N7O. The lowest BCUT2D eigenvalue weighted by atomic mass is 9.96. The first-order chi connectivity index (χ1) is 16.0. The van der Waals surface area contributed by atoms with Gasteiger partial charge in [0, 0.05) is 32.1 Å². The minimum absolute atomic E-state index is 0.00953. The van der Waals surface area contributed by atoms with Gasteiger partial charge in [0.15, 0.2) is 5.65 Å². The molecular weight excluding hydrogens is 428 g/mol. The first kappa shape index (κ1) is 21.5. The van der Waals surface area contributed by atoms with E-state index in [-0.39, 0.29) is 17.6 Å². The zero-order valence-electron chi connectivity index (χ0n) is 18.5. The van der Waals surface area contributed by atoms with Gasteiger partial charge in [-0.2, -0.15) is 4.98 Å². The minimum atomic E-state index is -0.712. The third-order valence-corrected chi connectivity index (χ3v) is 6.52. The number of rotatable bonds is 5. The quantitative estimate of drug-likeness (QED) is 0.594. The summed E-state index contributed by atoms with van der Waals surface area (Å²) < 4.78 is 29.7. The minimum Gasteiger partial charge on any atom is -0.351 e. The number of anilines is 3. The first-order valence-electron chi connectivity index (χ1n) is 11.5. The van der Waals surface area contributed by atoms with Gasteiger partial charge in [-0.25, -0.2) is 18.7 Å². The maximum Gasteiger partial charge on any atom is 0.224 e. The predicted octanol–water partition coefficient (Wildman–Crippen LogP) is 4.39.